The van der Waals surface area contributed by atoms with Gasteiger partial charge in [0.05, 0.1) is 28.2 Å². The summed E-state index contributed by atoms with van der Waals surface area (Å²) in [4.78, 5) is 22.9. The van der Waals surface area contributed by atoms with Crippen LogP contribution in [0.15, 0.2) is 65.8 Å². The summed E-state index contributed by atoms with van der Waals surface area (Å²) in [5.41, 5.74) is 1.37. The highest BCUT2D eigenvalue weighted by Gasteiger charge is 2.32. The molecule has 0 atom stereocenters. The summed E-state index contributed by atoms with van der Waals surface area (Å²) >= 11 is 6.01. The van der Waals surface area contributed by atoms with Gasteiger partial charge in [0.15, 0.2) is 0 Å². The average Bonchev–Trinajstić information content (AvgIpc) is 3.25. The number of aromatic nitrogens is 2. The quantitative estimate of drug-likeness (QED) is 0.388. The summed E-state index contributed by atoms with van der Waals surface area (Å²) in [7, 11) is -3.79. The Morgan fingerprint density at radius 2 is 1.88 bits per heavy atom. The van der Waals surface area contributed by atoms with E-state index in [2.05, 4.69) is 10.4 Å². The lowest BCUT2D eigenvalue weighted by Crippen LogP contribution is -2.41. The smallest absolute Gasteiger partial charge is 0.269 e. The van der Waals surface area contributed by atoms with Crippen LogP contribution in [-0.4, -0.2) is 46.4 Å². The number of benzene rings is 2. The van der Waals surface area contributed by atoms with Crippen molar-refractivity contribution < 1.29 is 18.1 Å². The number of piperidine rings is 1. The normalized spacial score (nSPS) is 15.2. The van der Waals surface area contributed by atoms with Gasteiger partial charge in [0.2, 0.25) is 15.9 Å². The molecule has 34 heavy (non-hydrogen) atoms. The van der Waals surface area contributed by atoms with Crippen LogP contribution in [0.1, 0.15) is 18.4 Å². The van der Waals surface area contributed by atoms with Crippen molar-refractivity contribution in [1.82, 2.24) is 14.1 Å². The molecule has 178 valence electrons. The van der Waals surface area contributed by atoms with Gasteiger partial charge in [-0.3, -0.25) is 19.6 Å². The Balaban J connectivity index is 1.32. The number of carbonyl (C=O) groups is 1. The third kappa shape index (κ3) is 5.44. The Morgan fingerprint density at radius 1 is 1.18 bits per heavy atom. The molecule has 0 spiro atoms. The van der Waals surface area contributed by atoms with Gasteiger partial charge in [-0.05, 0) is 42.7 Å². The Hall–Kier alpha value is -3.28. The van der Waals surface area contributed by atoms with Gasteiger partial charge in [0.1, 0.15) is 0 Å². The van der Waals surface area contributed by atoms with E-state index >= 15 is 0 Å². The minimum atomic E-state index is -3.79. The van der Waals surface area contributed by atoms with E-state index in [1.54, 1.807) is 23.1 Å². The zero-order valence-electron chi connectivity index (χ0n) is 18.0. The molecule has 1 N–H and O–H groups in total. The lowest BCUT2D eigenvalue weighted by Gasteiger charge is -2.30. The molecule has 0 radical (unpaired) electrons. The van der Waals surface area contributed by atoms with Crippen molar-refractivity contribution in [2.75, 3.05) is 18.4 Å². The lowest BCUT2D eigenvalue weighted by atomic mass is 9.97. The van der Waals surface area contributed by atoms with Crippen LogP contribution < -0.4 is 5.32 Å². The van der Waals surface area contributed by atoms with E-state index in [-0.39, 0.29) is 35.5 Å². The van der Waals surface area contributed by atoms with Crippen LogP contribution in [0, 0.1) is 16.0 Å². The largest absolute Gasteiger partial charge is 0.323 e. The van der Waals surface area contributed by atoms with Crippen LogP contribution in [0.25, 0.3) is 0 Å². The van der Waals surface area contributed by atoms with Gasteiger partial charge in [0.25, 0.3) is 5.69 Å². The number of non-ortho nitro benzene ring substituents is 1. The molecule has 0 aliphatic carbocycles. The number of sulfonamides is 1. The second-order valence-corrected chi connectivity index (χ2v) is 10.3. The molecule has 2 heterocycles. The fourth-order valence-electron chi connectivity index (χ4n) is 3.83. The molecule has 0 unspecified atom stereocenters. The second kappa shape index (κ2) is 9.92. The molecule has 1 aliphatic heterocycles. The van der Waals surface area contributed by atoms with E-state index in [0.717, 1.165) is 5.56 Å². The number of hydrogen-bond donors (Lipinski definition) is 1. The molecule has 10 nitrogen and oxygen atoms in total. The van der Waals surface area contributed by atoms with Crippen LogP contribution >= 0.6 is 11.6 Å². The molecule has 12 heteroatoms. The Bertz CT molecular complexity index is 1300. The maximum atomic E-state index is 12.8. The van der Waals surface area contributed by atoms with E-state index in [0.29, 0.717) is 30.1 Å². The van der Waals surface area contributed by atoms with Crippen LogP contribution in [0.3, 0.4) is 0 Å². The van der Waals surface area contributed by atoms with Crippen molar-refractivity contribution in [3.63, 3.8) is 0 Å². The number of rotatable bonds is 7. The lowest BCUT2D eigenvalue weighted by molar-refractivity contribution is -0.384. The number of nitrogens with one attached hydrogen (secondary N) is 1. The van der Waals surface area contributed by atoms with Crippen LogP contribution in [0.2, 0.25) is 5.02 Å². The van der Waals surface area contributed by atoms with Crippen molar-refractivity contribution in [1.29, 1.82) is 0 Å². The number of amides is 1. The summed E-state index contributed by atoms with van der Waals surface area (Å²) in [6, 6.07) is 12.2. The van der Waals surface area contributed by atoms with Crippen LogP contribution in [0.4, 0.5) is 11.4 Å². The minimum absolute atomic E-state index is 0.00637. The first kappa shape index (κ1) is 23.9. The summed E-state index contributed by atoms with van der Waals surface area (Å²) in [5, 5.41) is 18.5. The molecule has 1 fully saturated rings. The highest BCUT2D eigenvalue weighted by Crippen LogP contribution is 2.26. The van der Waals surface area contributed by atoms with Crippen molar-refractivity contribution in [2.24, 2.45) is 5.92 Å². The molecule has 2 aromatic carbocycles. The highest BCUT2D eigenvalue weighted by atomic mass is 35.5. The van der Waals surface area contributed by atoms with Crippen molar-refractivity contribution in [3.05, 3.63) is 81.6 Å². The summed E-state index contributed by atoms with van der Waals surface area (Å²) in [6.45, 7) is 0.881. The SMILES string of the molecule is O=C(Nc1cnn(Cc2cccc(Cl)c2)c1)C1CCN(S(=O)(=O)c2ccc([N+](=O)[O-])cc2)CC1. The Morgan fingerprint density at radius 3 is 2.53 bits per heavy atom. The second-order valence-electron chi connectivity index (χ2n) is 7.98. The monoisotopic (exact) mass is 503 g/mol. The van der Waals surface area contributed by atoms with Gasteiger partial charge in [-0.2, -0.15) is 9.40 Å². The number of nitrogens with zero attached hydrogens (tertiary/aromatic N) is 4. The number of nitro benzene ring substituents is 1. The van der Waals surface area contributed by atoms with Gasteiger partial charge in [-0.15, -0.1) is 0 Å². The summed E-state index contributed by atoms with van der Waals surface area (Å²) in [6.07, 6.45) is 4.03. The fourth-order valence-corrected chi connectivity index (χ4v) is 5.51. The van der Waals surface area contributed by atoms with Gasteiger partial charge in [0, 0.05) is 42.4 Å². The highest BCUT2D eigenvalue weighted by molar-refractivity contribution is 7.89. The van der Waals surface area contributed by atoms with Crippen LogP contribution in [0.5, 0.6) is 0 Å². The first-order chi connectivity index (χ1) is 16.2. The number of carbonyl (C=O) groups excluding carboxylic acids is 1. The molecular weight excluding hydrogens is 482 g/mol. The van der Waals surface area contributed by atoms with Crippen molar-refractivity contribution in [2.45, 2.75) is 24.3 Å². The zero-order valence-corrected chi connectivity index (χ0v) is 19.6. The Kier molecular flexibility index (Phi) is 6.96. The topological polar surface area (TPSA) is 127 Å². The summed E-state index contributed by atoms with van der Waals surface area (Å²) in [5.74, 6) is -0.519. The Labute approximate surface area is 201 Å². The molecule has 0 saturated carbocycles. The van der Waals surface area contributed by atoms with Gasteiger partial charge in [-0.25, -0.2) is 8.42 Å². The summed E-state index contributed by atoms with van der Waals surface area (Å²) < 4.78 is 28.7. The first-order valence-electron chi connectivity index (χ1n) is 10.5. The molecule has 4 rings (SSSR count). The fraction of sp³-hybridized carbons (Fsp3) is 0.273. The van der Waals surface area contributed by atoms with Crippen molar-refractivity contribution >= 4 is 38.9 Å². The number of nitro groups is 1. The first-order valence-corrected chi connectivity index (χ1v) is 12.4. The molecule has 0 bridgehead atoms. The molecule has 1 saturated heterocycles. The zero-order chi connectivity index (χ0) is 24.3. The van der Waals surface area contributed by atoms with Gasteiger partial charge < -0.3 is 5.32 Å². The molecular formula is C22H22ClN5O5S. The molecule has 1 aliphatic rings. The average molecular weight is 504 g/mol. The van der Waals surface area contributed by atoms with Gasteiger partial charge in [-0.1, -0.05) is 23.7 Å². The van der Waals surface area contributed by atoms with Gasteiger partial charge >= 0.3 is 0 Å². The number of halogens is 1. The van der Waals surface area contributed by atoms with E-state index in [1.807, 2.05) is 18.2 Å². The maximum Gasteiger partial charge on any atom is 0.269 e. The molecule has 1 aromatic heterocycles. The molecule has 1 amide bonds. The number of hydrogen-bond acceptors (Lipinski definition) is 6. The minimum Gasteiger partial charge on any atom is -0.323 e. The predicted molar refractivity (Wildman–Crippen MR) is 126 cm³/mol. The van der Waals surface area contributed by atoms with E-state index in [9.17, 15) is 23.3 Å². The van der Waals surface area contributed by atoms with Crippen molar-refractivity contribution in [3.8, 4) is 0 Å². The third-order valence-corrected chi connectivity index (χ3v) is 7.79. The molecule has 3 aromatic rings. The van der Waals surface area contributed by atoms with E-state index < -0.39 is 14.9 Å². The standard InChI is InChI=1S/C22H22ClN5O5S/c23-18-3-1-2-16(12-18)14-26-15-19(13-24-26)25-22(29)17-8-10-27(11-9-17)34(32,33)21-6-4-20(5-7-21)28(30)31/h1-7,12-13,15,17H,8-11,14H2,(H,25,29). The maximum absolute atomic E-state index is 12.8. The van der Waals surface area contributed by atoms with E-state index in [1.165, 1.54) is 28.6 Å². The predicted octanol–water partition coefficient (Wildman–Crippen LogP) is 3.53. The van der Waals surface area contributed by atoms with E-state index in [4.69, 9.17) is 11.6 Å². The van der Waals surface area contributed by atoms with Crippen LogP contribution in [-0.2, 0) is 21.4 Å². The third-order valence-electron chi connectivity index (χ3n) is 5.64. The number of anilines is 1.